The maximum absolute atomic E-state index is 8.80. The van der Waals surface area contributed by atoms with Gasteiger partial charge in [-0.05, 0) is 45.8 Å². The second-order valence-corrected chi connectivity index (χ2v) is 14.7. The summed E-state index contributed by atoms with van der Waals surface area (Å²) < 4.78 is 14.3. The van der Waals surface area contributed by atoms with Crippen molar-refractivity contribution in [2.24, 2.45) is 5.10 Å². The van der Waals surface area contributed by atoms with Crippen molar-refractivity contribution in [2.75, 3.05) is 39.5 Å². The number of nitrogens with zero attached hydrogens (tertiary/aromatic N) is 2. The maximum Gasteiger partial charge on any atom is 0.199 e. The van der Waals surface area contributed by atoms with Crippen LogP contribution in [0.2, 0.25) is 18.1 Å². The minimum atomic E-state index is -1.71. The van der Waals surface area contributed by atoms with Gasteiger partial charge in [0, 0.05) is 19.5 Å². The maximum atomic E-state index is 8.80. The van der Waals surface area contributed by atoms with Gasteiger partial charge in [-0.2, -0.15) is 5.10 Å². The van der Waals surface area contributed by atoms with Crippen molar-refractivity contribution in [3.8, 4) is 0 Å². The molecule has 0 aromatic heterocycles. The third-order valence-electron chi connectivity index (χ3n) is 4.25. The Bertz CT molecular complexity index is 450. The number of hydrazone groups is 1. The second-order valence-electron chi connectivity index (χ2n) is 7.21. The zero-order chi connectivity index (χ0) is 18.2. The summed E-state index contributed by atoms with van der Waals surface area (Å²) >= 11 is -0.304. The number of hydrogen-bond donors (Lipinski definition) is 2. The molecule has 1 heterocycles. The van der Waals surface area contributed by atoms with Crippen molar-refractivity contribution in [1.82, 2.24) is 10.3 Å². The van der Waals surface area contributed by atoms with Crippen LogP contribution in [0.25, 0.3) is 0 Å². The molecule has 0 saturated heterocycles. The Morgan fingerprint density at radius 3 is 2.58 bits per heavy atom. The van der Waals surface area contributed by atoms with E-state index in [1.54, 1.807) is 0 Å². The van der Waals surface area contributed by atoms with Gasteiger partial charge < -0.3 is 19.6 Å². The lowest BCUT2D eigenvalue weighted by atomic mass is 10.2. The number of ether oxygens (including phenoxy) is 1. The first kappa shape index (κ1) is 22.2. The third kappa shape index (κ3) is 7.16. The molecule has 0 aromatic rings. The van der Waals surface area contributed by atoms with Crippen LogP contribution in [0.4, 0.5) is 0 Å². The number of aliphatic hydroxyl groups excluding tert-OH is 1. The van der Waals surface area contributed by atoms with Gasteiger partial charge in [-0.3, -0.25) is 0 Å². The van der Waals surface area contributed by atoms with Gasteiger partial charge in [-0.1, -0.05) is 20.8 Å². The topological polar surface area (TPSA) is 66.3 Å². The third-order valence-corrected chi connectivity index (χ3v) is 11.5. The first-order chi connectivity index (χ1) is 11.2. The molecule has 0 spiro atoms. The van der Waals surface area contributed by atoms with Crippen LogP contribution in [0, 0.1) is 0 Å². The van der Waals surface area contributed by atoms with E-state index < -0.39 is 8.32 Å². The molecule has 1 rings (SSSR count). The van der Waals surface area contributed by atoms with Crippen molar-refractivity contribution in [3.05, 3.63) is 0 Å². The van der Waals surface area contributed by atoms with Crippen LogP contribution in [0.15, 0.2) is 5.10 Å². The number of hydrogen-bond acceptors (Lipinski definition) is 6. The minimum Gasteiger partial charge on any atom is -0.415 e. The van der Waals surface area contributed by atoms with E-state index in [4.69, 9.17) is 19.4 Å². The summed E-state index contributed by atoms with van der Waals surface area (Å²) in [7, 11) is -1.71. The highest BCUT2D eigenvalue weighted by atomic mass is 127. The summed E-state index contributed by atoms with van der Waals surface area (Å²) in [6.07, 6.45) is 0.920. The smallest absolute Gasteiger partial charge is 0.199 e. The Labute approximate surface area is 157 Å². The van der Waals surface area contributed by atoms with E-state index in [1.807, 2.05) is 11.9 Å². The molecule has 6 nitrogen and oxygen atoms in total. The Kier molecular flexibility index (Phi) is 9.53. The Morgan fingerprint density at radius 2 is 2.00 bits per heavy atom. The zero-order valence-corrected chi connectivity index (χ0v) is 19.1. The molecule has 8 heteroatoms. The van der Waals surface area contributed by atoms with Crippen LogP contribution in [0.1, 0.15) is 34.1 Å². The molecule has 0 amide bonds. The Hall–Kier alpha value is 0.127. The van der Waals surface area contributed by atoms with E-state index in [1.165, 1.54) is 3.72 Å². The average Bonchev–Trinajstić information content (AvgIpc) is 2.85. The number of halogens is 1. The van der Waals surface area contributed by atoms with Crippen molar-refractivity contribution < 1.29 is 14.3 Å². The van der Waals surface area contributed by atoms with Crippen LogP contribution in [-0.2, 0) is 9.16 Å². The fraction of sp³-hybridized carbons (Fsp3) is 0.875. The normalized spacial score (nSPS) is 16.0. The summed E-state index contributed by atoms with van der Waals surface area (Å²) in [4.78, 5) is 0. The van der Waals surface area contributed by atoms with Gasteiger partial charge in [0.15, 0.2) is 12.1 Å². The minimum absolute atomic E-state index is 0.175. The molecule has 0 saturated carbocycles. The molecule has 0 radical (unpaired) electrons. The van der Waals surface area contributed by atoms with Crippen molar-refractivity contribution >= 4 is 36.6 Å². The van der Waals surface area contributed by atoms with Gasteiger partial charge >= 0.3 is 0 Å². The van der Waals surface area contributed by atoms with Gasteiger partial charge in [-0.15, -0.1) is 0 Å². The van der Waals surface area contributed by atoms with Gasteiger partial charge in [0.1, 0.15) is 0 Å². The molecule has 0 unspecified atom stereocenters. The highest BCUT2D eigenvalue weighted by molar-refractivity contribution is 14.2. The van der Waals surface area contributed by atoms with E-state index in [0.717, 1.165) is 23.3 Å². The largest absolute Gasteiger partial charge is 0.415 e. The lowest BCUT2D eigenvalue weighted by Gasteiger charge is -2.36. The van der Waals surface area contributed by atoms with Crippen LogP contribution in [0.3, 0.4) is 0 Å². The number of rotatable bonds is 11. The molecular weight excluding hydrogens is 437 g/mol. The fourth-order valence-electron chi connectivity index (χ4n) is 1.79. The van der Waals surface area contributed by atoms with Crippen LogP contribution >= 0.6 is 20.7 Å². The first-order valence-corrected chi connectivity index (χ1v) is 13.7. The van der Waals surface area contributed by atoms with E-state index in [2.05, 4.69) is 39.2 Å². The summed E-state index contributed by atoms with van der Waals surface area (Å²) in [5, 5.41) is 19.0. The molecule has 1 aliphatic rings. The van der Waals surface area contributed by atoms with Crippen LogP contribution < -0.4 is 5.32 Å². The fourth-order valence-corrected chi connectivity index (χ4v) is 5.36. The van der Waals surface area contributed by atoms with Crippen molar-refractivity contribution in [2.45, 2.75) is 52.2 Å². The molecular formula is C16H34IN3O3Si. The van der Waals surface area contributed by atoms with Gasteiger partial charge in [0.05, 0.1) is 30.1 Å². The van der Waals surface area contributed by atoms with Gasteiger partial charge in [0.2, 0.25) is 0 Å². The molecule has 142 valence electrons. The number of nitrogens with one attached hydrogen (secondary N) is 1. The van der Waals surface area contributed by atoms with Crippen molar-refractivity contribution in [1.29, 1.82) is 0 Å². The molecule has 0 aromatic carbocycles. The predicted octanol–water partition coefficient (Wildman–Crippen LogP) is 2.70. The number of aliphatic hydroxyl groups is 1. The van der Waals surface area contributed by atoms with Gasteiger partial charge in [0.25, 0.3) is 0 Å². The average molecular weight is 471 g/mol. The molecule has 0 atom stereocenters. The summed E-state index contributed by atoms with van der Waals surface area (Å²) in [6, 6.07) is 0. The SMILES string of the molecule is CCOC1=IC(CCNCCO)=NN1CCO[Si](C)(C)C(C)(C)C. The zero-order valence-electron chi connectivity index (χ0n) is 16.0. The predicted molar refractivity (Wildman–Crippen MR) is 113 cm³/mol. The highest BCUT2D eigenvalue weighted by Crippen LogP contribution is 2.36. The molecule has 0 aliphatic carbocycles. The van der Waals surface area contributed by atoms with Crippen molar-refractivity contribution in [3.63, 3.8) is 0 Å². The quantitative estimate of drug-likeness (QED) is 0.276. The Morgan fingerprint density at radius 1 is 1.29 bits per heavy atom. The molecule has 2 N–H and O–H groups in total. The van der Waals surface area contributed by atoms with Crippen LogP contribution in [0.5, 0.6) is 0 Å². The summed E-state index contributed by atoms with van der Waals surface area (Å²) in [5.41, 5.74) is 0. The Balaban J connectivity index is 2.52. The second kappa shape index (κ2) is 10.3. The van der Waals surface area contributed by atoms with Crippen LogP contribution in [-0.4, -0.2) is 65.4 Å². The van der Waals surface area contributed by atoms with E-state index in [0.29, 0.717) is 19.8 Å². The lowest BCUT2D eigenvalue weighted by Crippen LogP contribution is -2.42. The van der Waals surface area contributed by atoms with E-state index in [-0.39, 0.29) is 32.4 Å². The highest BCUT2D eigenvalue weighted by Gasteiger charge is 2.37. The van der Waals surface area contributed by atoms with E-state index in [9.17, 15) is 0 Å². The summed E-state index contributed by atoms with van der Waals surface area (Å²) in [5.74, 6) is 0. The first-order valence-electron chi connectivity index (χ1n) is 8.66. The summed E-state index contributed by atoms with van der Waals surface area (Å²) in [6.45, 7) is 17.1. The molecule has 1 aliphatic heterocycles. The molecule has 24 heavy (non-hydrogen) atoms. The molecule has 0 fully saturated rings. The monoisotopic (exact) mass is 471 g/mol. The molecule has 0 bridgehead atoms. The van der Waals surface area contributed by atoms with E-state index >= 15 is 0 Å². The van der Waals surface area contributed by atoms with Gasteiger partial charge in [-0.25, -0.2) is 5.01 Å². The lowest BCUT2D eigenvalue weighted by molar-refractivity contribution is 0.216. The standard InChI is InChI=1S/C16H34IN3O3Si/c1-7-22-15-17-14(8-9-18-10-12-21)19-20(15)11-13-23-24(5,6)16(2,3)4/h18,21H,7-13H2,1-6H3.